The molecule has 6 N–H and O–H groups in total. The zero-order valence-corrected chi connectivity index (χ0v) is 21.2. The van der Waals surface area contributed by atoms with E-state index in [2.05, 4.69) is 68.7 Å². The second-order valence-corrected chi connectivity index (χ2v) is 9.49. The lowest BCUT2D eigenvalue weighted by atomic mass is 9.89. The van der Waals surface area contributed by atoms with Crippen LogP contribution < -0.4 is 22.1 Å². The van der Waals surface area contributed by atoms with Gasteiger partial charge >= 0.3 is 12.0 Å². The van der Waals surface area contributed by atoms with Crippen molar-refractivity contribution in [2.75, 3.05) is 19.7 Å². The number of aliphatic imine (C=N–C) groups is 2. The molecule has 186 valence electrons. The minimum Gasteiger partial charge on any atom is -0.460 e. The van der Waals surface area contributed by atoms with E-state index in [0.717, 1.165) is 18.8 Å². The van der Waals surface area contributed by atoms with Crippen molar-refractivity contribution >= 4 is 23.9 Å². The highest BCUT2D eigenvalue weighted by Gasteiger charge is 2.08. The van der Waals surface area contributed by atoms with Gasteiger partial charge in [0.1, 0.15) is 6.61 Å². The monoisotopic (exact) mass is 454 g/mol. The molecule has 32 heavy (non-hydrogen) atoms. The van der Waals surface area contributed by atoms with Gasteiger partial charge in [-0.15, -0.1) is 0 Å². The van der Waals surface area contributed by atoms with Gasteiger partial charge in [0.05, 0.1) is 6.54 Å². The fourth-order valence-electron chi connectivity index (χ4n) is 2.09. The summed E-state index contributed by atoms with van der Waals surface area (Å²) in [6, 6.07) is -0.584. The molecule has 2 amide bonds. The van der Waals surface area contributed by atoms with Gasteiger partial charge in [-0.3, -0.25) is 10.3 Å². The van der Waals surface area contributed by atoms with Crippen LogP contribution in [-0.4, -0.2) is 43.6 Å². The standard InChI is InChI=1S/C19H36N6O3.C4H10/c1-14(2)15(26)28-13-12-23-18(27)25-17(21)24-16(20)22-11-9-7-6-8-10-19(3,4)5;1-4(2)3/h1,6-13H2,2-5H3,(H6,20,21,22,23,24,25,27);4H,1-3H3. The summed E-state index contributed by atoms with van der Waals surface area (Å²) in [6.07, 6.45) is 5.60. The van der Waals surface area contributed by atoms with Gasteiger partial charge in [0.15, 0.2) is 0 Å². The van der Waals surface area contributed by atoms with Gasteiger partial charge in [-0.25, -0.2) is 9.59 Å². The molecule has 0 unspecified atom stereocenters. The molecule has 0 aromatic rings. The summed E-state index contributed by atoms with van der Waals surface area (Å²) in [5.74, 6) is 0.173. The molecule has 0 saturated carbocycles. The van der Waals surface area contributed by atoms with Gasteiger partial charge in [0.25, 0.3) is 0 Å². The van der Waals surface area contributed by atoms with Crippen molar-refractivity contribution in [2.24, 2.45) is 32.8 Å². The first-order valence-corrected chi connectivity index (χ1v) is 11.3. The fraction of sp³-hybridized carbons (Fsp3) is 0.739. The van der Waals surface area contributed by atoms with Crippen molar-refractivity contribution in [1.82, 2.24) is 10.6 Å². The van der Waals surface area contributed by atoms with Crippen LogP contribution in [-0.2, 0) is 9.53 Å². The topological polar surface area (TPSA) is 144 Å². The summed E-state index contributed by atoms with van der Waals surface area (Å²) in [6.45, 7) is 18.9. The molecule has 0 radical (unpaired) electrons. The molecule has 9 nitrogen and oxygen atoms in total. The smallest absolute Gasteiger partial charge is 0.333 e. The van der Waals surface area contributed by atoms with E-state index in [-0.39, 0.29) is 25.1 Å². The molecule has 0 aromatic heterocycles. The number of hydrogen-bond donors (Lipinski definition) is 4. The number of unbranched alkanes of at least 4 members (excludes halogenated alkanes) is 3. The lowest BCUT2D eigenvalue weighted by molar-refractivity contribution is -0.138. The van der Waals surface area contributed by atoms with E-state index in [0.29, 0.717) is 17.5 Å². The van der Waals surface area contributed by atoms with Gasteiger partial charge in [0.2, 0.25) is 11.9 Å². The maximum Gasteiger partial charge on any atom is 0.333 e. The molecule has 0 aliphatic heterocycles. The van der Waals surface area contributed by atoms with Crippen LogP contribution in [0.25, 0.3) is 0 Å². The number of nitrogens with one attached hydrogen (secondary N) is 2. The second-order valence-electron chi connectivity index (χ2n) is 9.49. The van der Waals surface area contributed by atoms with Crippen LogP contribution in [0, 0.1) is 11.3 Å². The summed E-state index contributed by atoms with van der Waals surface area (Å²) in [4.78, 5) is 30.7. The summed E-state index contributed by atoms with van der Waals surface area (Å²) in [5, 5.41) is 4.78. The van der Waals surface area contributed by atoms with Crippen molar-refractivity contribution in [1.29, 1.82) is 0 Å². The van der Waals surface area contributed by atoms with Gasteiger partial charge in [0, 0.05) is 12.1 Å². The highest BCUT2D eigenvalue weighted by Crippen LogP contribution is 2.22. The predicted octanol–water partition coefficient (Wildman–Crippen LogP) is 3.69. The minimum atomic E-state index is -0.584. The Kier molecular flexibility index (Phi) is 17.8. The first kappa shape index (κ1) is 31.6. The molecule has 0 atom stereocenters. The number of rotatable bonds is 10. The number of carbonyl (C=O) groups is 2. The Hall–Kier alpha value is -2.58. The number of amides is 2. The van der Waals surface area contributed by atoms with Crippen molar-refractivity contribution in [3.63, 3.8) is 0 Å². The van der Waals surface area contributed by atoms with E-state index in [1.165, 1.54) is 19.3 Å². The molecule has 0 aliphatic rings. The summed E-state index contributed by atoms with van der Waals surface area (Å²) < 4.78 is 4.84. The summed E-state index contributed by atoms with van der Waals surface area (Å²) >= 11 is 0. The third kappa shape index (κ3) is 25.5. The van der Waals surface area contributed by atoms with Crippen molar-refractivity contribution in [3.05, 3.63) is 12.2 Å². The Morgan fingerprint density at radius 1 is 1.06 bits per heavy atom. The van der Waals surface area contributed by atoms with E-state index in [9.17, 15) is 9.59 Å². The van der Waals surface area contributed by atoms with E-state index >= 15 is 0 Å². The molecule has 9 heteroatoms. The SMILES string of the molecule is C=C(C)C(=O)OCCNC(=O)N/C(N)=N/C(N)=NCCCCCCC(C)(C)C.CC(C)C. The largest absolute Gasteiger partial charge is 0.460 e. The van der Waals surface area contributed by atoms with Crippen LogP contribution >= 0.6 is 0 Å². The molecule has 0 saturated heterocycles. The number of guanidine groups is 2. The number of carbonyl (C=O) groups excluding carboxylic acids is 2. The molecular formula is C23H46N6O3. The van der Waals surface area contributed by atoms with Crippen molar-refractivity contribution < 1.29 is 14.3 Å². The normalized spacial score (nSPS) is 12.0. The summed E-state index contributed by atoms with van der Waals surface area (Å²) in [5.41, 5.74) is 11.9. The lowest BCUT2D eigenvalue weighted by Gasteiger charge is -2.17. The molecule has 0 aliphatic carbocycles. The third-order valence-electron chi connectivity index (χ3n) is 3.55. The second kappa shape index (κ2) is 18.0. The lowest BCUT2D eigenvalue weighted by Crippen LogP contribution is -2.45. The van der Waals surface area contributed by atoms with Gasteiger partial charge in [-0.2, -0.15) is 4.99 Å². The van der Waals surface area contributed by atoms with Crippen LogP contribution in [0.15, 0.2) is 22.1 Å². The van der Waals surface area contributed by atoms with Crippen molar-refractivity contribution in [3.8, 4) is 0 Å². The number of esters is 1. The predicted molar refractivity (Wildman–Crippen MR) is 133 cm³/mol. The molecular weight excluding hydrogens is 408 g/mol. The molecule has 0 rings (SSSR count). The number of urea groups is 1. The Bertz CT molecular complexity index is 619. The third-order valence-corrected chi connectivity index (χ3v) is 3.55. The van der Waals surface area contributed by atoms with Crippen LogP contribution in [0.1, 0.15) is 80.6 Å². The zero-order valence-electron chi connectivity index (χ0n) is 21.2. The Balaban J connectivity index is 0. The number of ether oxygens (including phenoxy) is 1. The molecule has 0 spiro atoms. The first-order valence-electron chi connectivity index (χ1n) is 11.3. The van der Waals surface area contributed by atoms with Crippen LogP contribution in [0.5, 0.6) is 0 Å². The van der Waals surface area contributed by atoms with Crippen LogP contribution in [0.4, 0.5) is 4.79 Å². The van der Waals surface area contributed by atoms with Gasteiger partial charge in [-0.05, 0) is 31.1 Å². The first-order chi connectivity index (χ1) is 14.7. The van der Waals surface area contributed by atoms with Crippen molar-refractivity contribution in [2.45, 2.75) is 80.6 Å². The highest BCUT2D eigenvalue weighted by atomic mass is 16.5. The number of nitrogens with two attached hydrogens (primary N) is 2. The van der Waals surface area contributed by atoms with E-state index in [4.69, 9.17) is 16.2 Å². The maximum atomic E-state index is 11.6. The fourth-order valence-corrected chi connectivity index (χ4v) is 2.09. The minimum absolute atomic E-state index is 0.0166. The van der Waals surface area contributed by atoms with E-state index in [1.54, 1.807) is 6.92 Å². The molecule has 0 bridgehead atoms. The van der Waals surface area contributed by atoms with Crippen LogP contribution in [0.2, 0.25) is 0 Å². The molecule has 0 fully saturated rings. The average molecular weight is 455 g/mol. The average Bonchev–Trinajstić information content (AvgIpc) is 2.62. The van der Waals surface area contributed by atoms with Crippen LogP contribution in [0.3, 0.4) is 0 Å². The van der Waals surface area contributed by atoms with E-state index in [1.807, 2.05) is 0 Å². The van der Waals surface area contributed by atoms with Gasteiger partial charge < -0.3 is 21.5 Å². The highest BCUT2D eigenvalue weighted by molar-refractivity contribution is 6.01. The Morgan fingerprint density at radius 2 is 1.62 bits per heavy atom. The zero-order chi connectivity index (χ0) is 25.2. The Labute approximate surface area is 194 Å². The van der Waals surface area contributed by atoms with E-state index < -0.39 is 12.0 Å². The quantitative estimate of drug-likeness (QED) is 0.131. The Morgan fingerprint density at radius 3 is 2.16 bits per heavy atom. The molecule has 0 aromatic carbocycles. The van der Waals surface area contributed by atoms with Gasteiger partial charge in [-0.1, -0.05) is 67.4 Å². The number of nitrogens with zero attached hydrogens (tertiary/aromatic N) is 2. The number of hydrogen-bond acceptors (Lipinski definition) is 4. The molecule has 0 heterocycles. The summed E-state index contributed by atoms with van der Waals surface area (Å²) in [7, 11) is 0. The maximum absolute atomic E-state index is 11.6.